The molecule has 0 saturated heterocycles. The highest BCUT2D eigenvalue weighted by atomic mass is 79.9. The summed E-state index contributed by atoms with van der Waals surface area (Å²) in [7, 11) is 0. The lowest BCUT2D eigenvalue weighted by Crippen LogP contribution is -2.06. The van der Waals surface area contributed by atoms with E-state index in [1.165, 1.54) is 5.56 Å². The number of hydrogen-bond donors (Lipinski definition) is 1. The molecule has 3 aromatic carbocycles. The number of aryl methyl sites for hydroxylation is 1. The van der Waals surface area contributed by atoms with Crippen molar-refractivity contribution in [2.75, 3.05) is 11.9 Å². The smallest absolute Gasteiger partial charge is 0.162 e. The fourth-order valence-electron chi connectivity index (χ4n) is 3.11. The minimum atomic E-state index is 0.737. The highest BCUT2D eigenvalue weighted by molar-refractivity contribution is 9.10. The lowest BCUT2D eigenvalue weighted by atomic mass is 10.1. The normalized spacial score (nSPS) is 10.9. The molecule has 0 bridgehead atoms. The molecule has 0 aliphatic rings. The Labute approximate surface area is 167 Å². The number of rotatable bonds is 6. The number of hydrogen-bond acceptors (Lipinski definition) is 3. The van der Waals surface area contributed by atoms with Crippen molar-refractivity contribution in [1.82, 2.24) is 9.97 Å². The van der Waals surface area contributed by atoms with Gasteiger partial charge in [0.1, 0.15) is 5.82 Å². The predicted molar refractivity (Wildman–Crippen MR) is 116 cm³/mol. The monoisotopic (exact) mass is 417 g/mol. The van der Waals surface area contributed by atoms with Crippen molar-refractivity contribution in [2.24, 2.45) is 0 Å². The first-order chi connectivity index (χ1) is 13.3. The zero-order valence-electron chi connectivity index (χ0n) is 14.9. The Hall–Kier alpha value is -2.72. The van der Waals surface area contributed by atoms with Gasteiger partial charge < -0.3 is 5.32 Å². The van der Waals surface area contributed by atoms with Gasteiger partial charge in [-0.1, -0.05) is 70.5 Å². The standard InChI is InChI=1S/C23H20BrN3/c24-19-12-6-11-18(16-19)22-26-21-14-5-4-13-20(21)23(27-22)25-15-7-10-17-8-2-1-3-9-17/h1-6,8-9,11-14,16H,7,10,15H2,(H,25,26,27). The first kappa shape index (κ1) is 17.7. The van der Waals surface area contributed by atoms with Gasteiger partial charge >= 0.3 is 0 Å². The summed E-state index contributed by atoms with van der Waals surface area (Å²) in [5.74, 6) is 1.63. The summed E-state index contributed by atoms with van der Waals surface area (Å²) in [6.45, 7) is 0.869. The largest absolute Gasteiger partial charge is 0.369 e. The molecule has 4 rings (SSSR count). The van der Waals surface area contributed by atoms with Gasteiger partial charge in [-0.3, -0.25) is 0 Å². The summed E-state index contributed by atoms with van der Waals surface area (Å²) in [5, 5.41) is 4.57. The number of para-hydroxylation sites is 1. The van der Waals surface area contributed by atoms with Crippen LogP contribution >= 0.6 is 15.9 Å². The average Bonchev–Trinajstić information content (AvgIpc) is 2.71. The van der Waals surface area contributed by atoms with Crippen LogP contribution in [0.25, 0.3) is 22.3 Å². The van der Waals surface area contributed by atoms with Crippen LogP contribution in [0.4, 0.5) is 5.82 Å². The van der Waals surface area contributed by atoms with Gasteiger partial charge in [-0.25, -0.2) is 9.97 Å². The summed E-state index contributed by atoms with van der Waals surface area (Å²) in [6.07, 6.45) is 2.10. The minimum Gasteiger partial charge on any atom is -0.369 e. The van der Waals surface area contributed by atoms with E-state index in [9.17, 15) is 0 Å². The Morgan fingerprint density at radius 1 is 0.815 bits per heavy atom. The zero-order chi connectivity index (χ0) is 18.5. The van der Waals surface area contributed by atoms with Crippen LogP contribution in [-0.4, -0.2) is 16.5 Å². The number of anilines is 1. The van der Waals surface area contributed by atoms with Crippen molar-refractivity contribution in [3.63, 3.8) is 0 Å². The van der Waals surface area contributed by atoms with Gasteiger partial charge in [0.2, 0.25) is 0 Å². The van der Waals surface area contributed by atoms with E-state index in [4.69, 9.17) is 9.97 Å². The summed E-state index contributed by atoms with van der Waals surface area (Å²) in [5.41, 5.74) is 3.32. The van der Waals surface area contributed by atoms with Gasteiger partial charge in [-0.15, -0.1) is 0 Å². The fraction of sp³-hybridized carbons (Fsp3) is 0.130. The van der Waals surface area contributed by atoms with Crippen LogP contribution in [0.1, 0.15) is 12.0 Å². The molecule has 0 atom stereocenters. The lowest BCUT2D eigenvalue weighted by Gasteiger charge is -2.11. The number of nitrogens with one attached hydrogen (secondary N) is 1. The van der Waals surface area contributed by atoms with Crippen molar-refractivity contribution in [2.45, 2.75) is 12.8 Å². The van der Waals surface area contributed by atoms with Gasteiger partial charge in [0.05, 0.1) is 5.52 Å². The number of aromatic nitrogens is 2. The molecule has 0 spiro atoms. The first-order valence-corrected chi connectivity index (χ1v) is 9.89. The van der Waals surface area contributed by atoms with E-state index >= 15 is 0 Å². The maximum absolute atomic E-state index is 4.81. The third-order valence-electron chi connectivity index (χ3n) is 4.46. The summed E-state index contributed by atoms with van der Waals surface area (Å²) < 4.78 is 1.02. The van der Waals surface area contributed by atoms with E-state index in [1.807, 2.05) is 42.5 Å². The third-order valence-corrected chi connectivity index (χ3v) is 4.96. The van der Waals surface area contributed by atoms with Crippen molar-refractivity contribution >= 4 is 32.7 Å². The number of nitrogens with zero attached hydrogens (tertiary/aromatic N) is 2. The Balaban J connectivity index is 1.57. The molecule has 0 unspecified atom stereocenters. The van der Waals surface area contributed by atoms with Gasteiger partial charge in [0.25, 0.3) is 0 Å². The molecule has 0 aliphatic carbocycles. The Kier molecular flexibility index (Phi) is 5.45. The van der Waals surface area contributed by atoms with Crippen LogP contribution < -0.4 is 5.32 Å². The molecule has 1 aromatic heterocycles. The van der Waals surface area contributed by atoms with Gasteiger partial charge in [-0.2, -0.15) is 0 Å². The van der Waals surface area contributed by atoms with Crippen LogP contribution in [0.15, 0.2) is 83.3 Å². The van der Waals surface area contributed by atoms with Crippen molar-refractivity contribution in [3.05, 3.63) is 88.9 Å². The molecule has 0 amide bonds. The van der Waals surface area contributed by atoms with E-state index in [2.05, 4.69) is 57.6 Å². The molecule has 0 fully saturated rings. The van der Waals surface area contributed by atoms with E-state index in [-0.39, 0.29) is 0 Å². The first-order valence-electron chi connectivity index (χ1n) is 9.10. The highest BCUT2D eigenvalue weighted by Gasteiger charge is 2.09. The second-order valence-electron chi connectivity index (χ2n) is 6.44. The second-order valence-corrected chi connectivity index (χ2v) is 7.35. The number of halogens is 1. The topological polar surface area (TPSA) is 37.8 Å². The molecule has 1 heterocycles. The third kappa shape index (κ3) is 4.34. The van der Waals surface area contributed by atoms with E-state index in [1.54, 1.807) is 0 Å². The van der Waals surface area contributed by atoms with Crippen molar-refractivity contribution < 1.29 is 0 Å². The molecular weight excluding hydrogens is 398 g/mol. The van der Waals surface area contributed by atoms with Crippen molar-refractivity contribution in [1.29, 1.82) is 0 Å². The molecule has 4 heteroatoms. The molecule has 0 aliphatic heterocycles. The SMILES string of the molecule is Brc1cccc(-c2nc(NCCCc3ccccc3)c3ccccc3n2)c1. The Morgan fingerprint density at radius 2 is 1.63 bits per heavy atom. The van der Waals surface area contributed by atoms with E-state index < -0.39 is 0 Å². The molecule has 0 radical (unpaired) electrons. The van der Waals surface area contributed by atoms with E-state index in [0.29, 0.717) is 0 Å². The van der Waals surface area contributed by atoms with Gasteiger partial charge in [0, 0.05) is 22.0 Å². The summed E-state index contributed by atoms with van der Waals surface area (Å²) in [4.78, 5) is 9.56. The van der Waals surface area contributed by atoms with Crippen LogP contribution in [0.2, 0.25) is 0 Å². The Bertz CT molecular complexity index is 1050. The molecule has 0 saturated carbocycles. The van der Waals surface area contributed by atoms with Gasteiger partial charge in [-0.05, 0) is 42.7 Å². The van der Waals surface area contributed by atoms with Crippen LogP contribution in [0, 0.1) is 0 Å². The zero-order valence-corrected chi connectivity index (χ0v) is 16.5. The molecule has 3 nitrogen and oxygen atoms in total. The van der Waals surface area contributed by atoms with Crippen molar-refractivity contribution in [3.8, 4) is 11.4 Å². The predicted octanol–water partition coefficient (Wildman–Crippen LogP) is 6.10. The highest BCUT2D eigenvalue weighted by Crippen LogP contribution is 2.26. The van der Waals surface area contributed by atoms with Gasteiger partial charge in [0.15, 0.2) is 5.82 Å². The van der Waals surface area contributed by atoms with Crippen LogP contribution in [-0.2, 0) is 6.42 Å². The van der Waals surface area contributed by atoms with Crippen LogP contribution in [0.3, 0.4) is 0 Å². The average molecular weight is 418 g/mol. The lowest BCUT2D eigenvalue weighted by molar-refractivity contribution is 0.860. The summed E-state index contributed by atoms with van der Waals surface area (Å²) >= 11 is 3.53. The minimum absolute atomic E-state index is 0.737. The number of fused-ring (bicyclic) bond motifs is 1. The number of benzene rings is 3. The fourth-order valence-corrected chi connectivity index (χ4v) is 3.51. The summed E-state index contributed by atoms with van der Waals surface area (Å²) in [6, 6.07) is 26.8. The molecular formula is C23H20BrN3. The maximum atomic E-state index is 4.81. The molecule has 4 aromatic rings. The van der Waals surface area contributed by atoms with Crippen LogP contribution in [0.5, 0.6) is 0 Å². The molecule has 134 valence electrons. The quantitative estimate of drug-likeness (QED) is 0.384. The second kappa shape index (κ2) is 8.31. The molecule has 1 N–H and O–H groups in total. The van der Waals surface area contributed by atoms with E-state index in [0.717, 1.165) is 52.0 Å². The Morgan fingerprint density at radius 3 is 2.48 bits per heavy atom. The maximum Gasteiger partial charge on any atom is 0.162 e. The molecule has 27 heavy (non-hydrogen) atoms.